The summed E-state index contributed by atoms with van der Waals surface area (Å²) >= 11 is 0. The highest BCUT2D eigenvalue weighted by Crippen LogP contribution is 2.47. The summed E-state index contributed by atoms with van der Waals surface area (Å²) in [6, 6.07) is 10.9. The highest BCUT2D eigenvalue weighted by atomic mass is 28.3. The van der Waals surface area contributed by atoms with Gasteiger partial charge in [0.25, 0.3) is 0 Å². The largest absolute Gasteiger partial charge is 0.0986 e. The topological polar surface area (TPSA) is 0 Å². The molecule has 0 saturated carbocycles. The maximum Gasteiger partial charge on any atom is 0.0736 e. The van der Waals surface area contributed by atoms with Crippen LogP contribution >= 0.6 is 0 Å². The lowest BCUT2D eigenvalue weighted by Crippen LogP contribution is -2.27. The van der Waals surface area contributed by atoms with Crippen LogP contribution in [0.3, 0.4) is 0 Å². The molecule has 1 aliphatic rings. The summed E-state index contributed by atoms with van der Waals surface area (Å²) < 4.78 is 0. The highest BCUT2D eigenvalue weighted by molar-refractivity contribution is 6.83. The molecule has 0 saturated heterocycles. The van der Waals surface area contributed by atoms with E-state index in [0.29, 0.717) is 5.92 Å². The lowest BCUT2D eigenvalue weighted by atomic mass is 9.95. The van der Waals surface area contributed by atoms with Gasteiger partial charge in [0, 0.05) is 5.92 Å². The quantitative estimate of drug-likeness (QED) is 0.507. The van der Waals surface area contributed by atoms with Crippen molar-refractivity contribution in [3.63, 3.8) is 0 Å². The van der Waals surface area contributed by atoms with E-state index in [-0.39, 0.29) is 0 Å². The number of benzene rings is 1. The van der Waals surface area contributed by atoms with Crippen molar-refractivity contribution in [2.75, 3.05) is 0 Å². The normalized spacial score (nSPS) is 20.7. The van der Waals surface area contributed by atoms with E-state index in [1.54, 1.807) is 10.8 Å². The Labute approximate surface area is 112 Å². The first-order valence-corrected chi connectivity index (χ1v) is 10.4. The van der Waals surface area contributed by atoms with Gasteiger partial charge in [-0.3, -0.25) is 0 Å². The second-order valence-corrected chi connectivity index (χ2v) is 11.3. The van der Waals surface area contributed by atoms with Crippen LogP contribution in [0.15, 0.2) is 53.3 Å². The van der Waals surface area contributed by atoms with E-state index in [1.165, 1.54) is 17.6 Å². The predicted octanol–water partition coefficient (Wildman–Crippen LogP) is 5.31. The van der Waals surface area contributed by atoms with Gasteiger partial charge in [0.05, 0.1) is 8.07 Å². The van der Waals surface area contributed by atoms with Gasteiger partial charge in [-0.25, -0.2) is 0 Å². The van der Waals surface area contributed by atoms with Gasteiger partial charge in [0.1, 0.15) is 0 Å². The van der Waals surface area contributed by atoms with E-state index in [0.717, 1.165) is 6.42 Å². The van der Waals surface area contributed by atoms with Gasteiger partial charge >= 0.3 is 0 Å². The van der Waals surface area contributed by atoms with Crippen LogP contribution < -0.4 is 0 Å². The van der Waals surface area contributed by atoms with Crippen LogP contribution in [0.5, 0.6) is 0 Å². The van der Waals surface area contributed by atoms with Crippen molar-refractivity contribution in [2.45, 2.75) is 45.3 Å². The Kier molecular flexibility index (Phi) is 3.63. The summed E-state index contributed by atoms with van der Waals surface area (Å²) in [5, 5.41) is 1.74. The smallest absolute Gasteiger partial charge is 0.0736 e. The molecule has 0 aliphatic heterocycles. The summed E-state index contributed by atoms with van der Waals surface area (Å²) in [7, 11) is -1.28. The highest BCUT2D eigenvalue weighted by Gasteiger charge is 2.36. The average Bonchev–Trinajstić information content (AvgIpc) is 2.67. The molecule has 96 valence electrons. The van der Waals surface area contributed by atoms with Crippen molar-refractivity contribution in [1.82, 2.24) is 0 Å². The molecule has 0 fully saturated rings. The van der Waals surface area contributed by atoms with Gasteiger partial charge < -0.3 is 0 Å². The lowest BCUT2D eigenvalue weighted by Gasteiger charge is -2.27. The Morgan fingerprint density at radius 3 is 2.28 bits per heavy atom. The first-order valence-electron chi connectivity index (χ1n) is 6.90. The second-order valence-electron chi connectivity index (χ2n) is 6.30. The molecule has 1 unspecified atom stereocenters. The molecule has 0 amide bonds. The lowest BCUT2D eigenvalue weighted by molar-refractivity contribution is 0.979. The molecule has 0 aromatic heterocycles. The number of hydrogen-bond donors (Lipinski definition) is 0. The van der Waals surface area contributed by atoms with E-state index in [4.69, 9.17) is 0 Å². The predicted molar refractivity (Wildman–Crippen MR) is 83.6 cm³/mol. The fourth-order valence-corrected chi connectivity index (χ4v) is 5.77. The second kappa shape index (κ2) is 4.89. The minimum Gasteiger partial charge on any atom is -0.0986 e. The van der Waals surface area contributed by atoms with Crippen molar-refractivity contribution in [2.24, 2.45) is 0 Å². The molecule has 0 N–H and O–H groups in total. The standard InChI is InChI=1S/C17H24Si/c1-6-14-12-13(2)16(17(14)18(3,4)5)15-10-8-7-9-11-15/h7-11,16H,2,6,12H2,1,3-5H3. The van der Waals surface area contributed by atoms with E-state index in [2.05, 4.69) is 63.5 Å². The number of hydrogen-bond acceptors (Lipinski definition) is 0. The summed E-state index contributed by atoms with van der Waals surface area (Å²) in [5.74, 6) is 0.493. The summed E-state index contributed by atoms with van der Waals surface area (Å²) in [6.07, 6.45) is 2.30. The summed E-state index contributed by atoms with van der Waals surface area (Å²) in [4.78, 5) is 0. The third kappa shape index (κ3) is 2.37. The molecule has 0 heterocycles. The Hall–Kier alpha value is -1.08. The molecule has 0 bridgehead atoms. The fourth-order valence-electron chi connectivity index (χ4n) is 3.21. The van der Waals surface area contributed by atoms with E-state index in [1.807, 2.05) is 0 Å². The van der Waals surface area contributed by atoms with Gasteiger partial charge in [-0.15, -0.1) is 0 Å². The van der Waals surface area contributed by atoms with Crippen molar-refractivity contribution >= 4 is 8.07 Å². The fraction of sp³-hybridized carbons (Fsp3) is 0.412. The third-order valence-electron chi connectivity index (χ3n) is 3.89. The Bertz CT molecular complexity index is 474. The molecular formula is C17H24Si. The van der Waals surface area contributed by atoms with Crippen LogP contribution in [-0.4, -0.2) is 8.07 Å². The Balaban J connectivity index is 2.52. The number of rotatable bonds is 3. The number of allylic oxidation sites excluding steroid dienone is 3. The van der Waals surface area contributed by atoms with Crippen molar-refractivity contribution in [1.29, 1.82) is 0 Å². The van der Waals surface area contributed by atoms with Crippen LogP contribution in [-0.2, 0) is 0 Å². The zero-order valence-corrected chi connectivity index (χ0v) is 13.1. The van der Waals surface area contributed by atoms with Crippen LogP contribution in [0.2, 0.25) is 19.6 Å². The molecule has 0 nitrogen and oxygen atoms in total. The molecule has 18 heavy (non-hydrogen) atoms. The zero-order chi connectivity index (χ0) is 13.3. The van der Waals surface area contributed by atoms with Gasteiger partial charge in [-0.2, -0.15) is 0 Å². The maximum atomic E-state index is 4.35. The van der Waals surface area contributed by atoms with E-state index < -0.39 is 8.07 Å². The third-order valence-corrected chi connectivity index (χ3v) is 6.14. The SMILES string of the molecule is C=C1CC(CC)=C([Si](C)(C)C)C1c1ccccc1. The van der Waals surface area contributed by atoms with Gasteiger partial charge in [-0.1, -0.05) is 79.8 Å². The molecule has 2 rings (SSSR count). The van der Waals surface area contributed by atoms with Crippen molar-refractivity contribution in [3.8, 4) is 0 Å². The molecule has 0 spiro atoms. The van der Waals surface area contributed by atoms with Crippen molar-refractivity contribution in [3.05, 3.63) is 58.8 Å². The van der Waals surface area contributed by atoms with Crippen LogP contribution in [0.1, 0.15) is 31.2 Å². The van der Waals surface area contributed by atoms with Gasteiger partial charge in [-0.05, 0) is 18.4 Å². The summed E-state index contributed by atoms with van der Waals surface area (Å²) in [6.45, 7) is 14.0. The van der Waals surface area contributed by atoms with Crippen LogP contribution in [0.4, 0.5) is 0 Å². The van der Waals surface area contributed by atoms with E-state index in [9.17, 15) is 0 Å². The molecule has 1 heteroatoms. The van der Waals surface area contributed by atoms with Crippen LogP contribution in [0, 0.1) is 0 Å². The Morgan fingerprint density at radius 2 is 1.78 bits per heavy atom. The van der Waals surface area contributed by atoms with Gasteiger partial charge in [0.2, 0.25) is 0 Å². The maximum absolute atomic E-state index is 4.35. The molecule has 1 aromatic carbocycles. The summed E-state index contributed by atoms with van der Waals surface area (Å²) in [5.41, 5.74) is 4.49. The molecule has 1 aromatic rings. The molecule has 0 radical (unpaired) electrons. The molecule has 1 aliphatic carbocycles. The first kappa shape index (κ1) is 13.4. The minimum absolute atomic E-state index is 0.493. The molecular weight excluding hydrogens is 232 g/mol. The van der Waals surface area contributed by atoms with Crippen LogP contribution in [0.25, 0.3) is 0 Å². The van der Waals surface area contributed by atoms with Crippen molar-refractivity contribution < 1.29 is 0 Å². The first-order chi connectivity index (χ1) is 8.45. The minimum atomic E-state index is -1.28. The van der Waals surface area contributed by atoms with E-state index >= 15 is 0 Å². The monoisotopic (exact) mass is 256 g/mol. The zero-order valence-electron chi connectivity index (χ0n) is 12.1. The van der Waals surface area contributed by atoms with Gasteiger partial charge in [0.15, 0.2) is 0 Å². The Morgan fingerprint density at radius 1 is 1.17 bits per heavy atom. The average molecular weight is 256 g/mol. The molecule has 1 atom stereocenters.